The first-order valence-corrected chi connectivity index (χ1v) is 8.78. The topological polar surface area (TPSA) is 9.72 Å². The predicted octanol–water partition coefficient (Wildman–Crippen LogP) is 1.73. The van der Waals surface area contributed by atoms with Gasteiger partial charge in [-0.05, 0) is 26.3 Å². The first-order valence-electron chi connectivity index (χ1n) is 7.26. The average Bonchev–Trinajstić information content (AvgIpc) is 2.24. The molecule has 0 aliphatic carbocycles. The third-order valence-electron chi connectivity index (χ3n) is 5.30. The van der Waals surface area contributed by atoms with Crippen molar-refractivity contribution in [3.8, 4) is 0 Å². The molecule has 3 atom stereocenters. The molecule has 0 radical (unpaired) electrons. The van der Waals surface area contributed by atoms with Crippen molar-refractivity contribution in [2.24, 2.45) is 11.3 Å². The highest BCUT2D eigenvalue weighted by Crippen LogP contribution is 2.42. The summed E-state index contributed by atoms with van der Waals surface area (Å²) in [5.41, 5.74) is 0.693. The lowest BCUT2D eigenvalue weighted by atomic mass is 9.71. The van der Waals surface area contributed by atoms with Crippen molar-refractivity contribution < 1.29 is 0 Å². The van der Waals surface area contributed by atoms with Crippen LogP contribution in [0.15, 0.2) is 0 Å². The molecule has 0 aromatic rings. The molecule has 0 saturated carbocycles. The van der Waals surface area contributed by atoms with Gasteiger partial charge in [-0.2, -0.15) is 0 Å². The van der Waals surface area contributed by atoms with E-state index in [9.17, 15) is 0 Å². The van der Waals surface area contributed by atoms with Gasteiger partial charge in [0.25, 0.3) is 0 Å². The molecular weight excluding hydrogens is 337 g/mol. The molecule has 4 heteroatoms. The molecule has 3 aliphatic rings. The summed E-state index contributed by atoms with van der Waals surface area (Å²) < 4.78 is 1.19. The quantitative estimate of drug-likeness (QED) is 0.420. The monoisotopic (exact) mass is 363 g/mol. The van der Waals surface area contributed by atoms with E-state index in [2.05, 4.69) is 58.2 Å². The smallest absolute Gasteiger partial charge is 0.0508 e. The summed E-state index contributed by atoms with van der Waals surface area (Å²) in [4.78, 5) is 7.87. The predicted molar refractivity (Wildman–Crippen MR) is 84.1 cm³/mol. The van der Waals surface area contributed by atoms with Crippen LogP contribution < -0.4 is 0 Å². The van der Waals surface area contributed by atoms with Gasteiger partial charge in [-0.15, -0.1) is 0 Å². The molecule has 3 aliphatic heterocycles. The van der Waals surface area contributed by atoms with Crippen molar-refractivity contribution >= 4 is 22.6 Å². The van der Waals surface area contributed by atoms with E-state index in [1.54, 1.807) is 0 Å². The molecule has 3 nitrogen and oxygen atoms in total. The van der Waals surface area contributed by atoms with Crippen LogP contribution in [0, 0.1) is 11.3 Å². The summed E-state index contributed by atoms with van der Waals surface area (Å²) >= 11 is 2.51. The average molecular weight is 363 g/mol. The van der Waals surface area contributed by atoms with Gasteiger partial charge >= 0.3 is 0 Å². The van der Waals surface area contributed by atoms with Gasteiger partial charge < -0.3 is 4.90 Å². The SMILES string of the molecule is C[C@@H]1CC(N2CC3(CN(C)C3)C2)[C@@H](C)CN1CI. The van der Waals surface area contributed by atoms with E-state index in [-0.39, 0.29) is 0 Å². The van der Waals surface area contributed by atoms with E-state index in [1.165, 1.54) is 43.7 Å². The van der Waals surface area contributed by atoms with E-state index >= 15 is 0 Å². The minimum absolute atomic E-state index is 0.693. The molecular formula is C14H26IN3. The summed E-state index contributed by atoms with van der Waals surface area (Å²) in [6.07, 6.45) is 1.37. The van der Waals surface area contributed by atoms with E-state index in [4.69, 9.17) is 0 Å². The Labute approximate surface area is 125 Å². The number of hydrogen-bond acceptors (Lipinski definition) is 3. The van der Waals surface area contributed by atoms with E-state index < -0.39 is 0 Å². The molecule has 0 amide bonds. The van der Waals surface area contributed by atoms with Crippen LogP contribution in [0.5, 0.6) is 0 Å². The molecule has 18 heavy (non-hydrogen) atoms. The second-order valence-electron chi connectivity index (χ2n) is 7.10. The Bertz CT molecular complexity index is 308. The summed E-state index contributed by atoms with van der Waals surface area (Å²) in [7, 11) is 2.25. The molecule has 1 unspecified atom stereocenters. The molecule has 3 rings (SSSR count). The van der Waals surface area contributed by atoms with Gasteiger partial charge in [0.15, 0.2) is 0 Å². The Balaban J connectivity index is 1.55. The van der Waals surface area contributed by atoms with Gasteiger partial charge in [0.2, 0.25) is 0 Å². The summed E-state index contributed by atoms with van der Waals surface area (Å²) in [6.45, 7) is 11.5. The molecule has 3 heterocycles. The molecule has 0 bridgehead atoms. The van der Waals surface area contributed by atoms with Crippen LogP contribution in [0.2, 0.25) is 0 Å². The summed E-state index contributed by atoms with van der Waals surface area (Å²) in [6, 6.07) is 1.61. The van der Waals surface area contributed by atoms with Gasteiger partial charge in [-0.3, -0.25) is 9.80 Å². The van der Waals surface area contributed by atoms with Crippen LogP contribution in [-0.4, -0.2) is 71.1 Å². The lowest BCUT2D eigenvalue weighted by Crippen LogP contribution is -2.74. The molecule has 104 valence electrons. The number of hydrogen-bond donors (Lipinski definition) is 0. The number of halogens is 1. The zero-order valence-corrected chi connectivity index (χ0v) is 14.1. The van der Waals surface area contributed by atoms with Gasteiger partial charge in [0.1, 0.15) is 0 Å². The number of likely N-dealkylation sites (tertiary alicyclic amines) is 3. The molecule has 1 spiro atoms. The summed E-state index contributed by atoms with van der Waals surface area (Å²) in [5, 5.41) is 0. The first kappa shape index (κ1) is 13.6. The highest BCUT2D eigenvalue weighted by Gasteiger charge is 2.53. The Morgan fingerprint density at radius 3 is 2.39 bits per heavy atom. The first-order chi connectivity index (χ1) is 8.53. The second kappa shape index (κ2) is 4.86. The lowest BCUT2D eigenvalue weighted by Gasteiger charge is -2.63. The van der Waals surface area contributed by atoms with E-state index in [0.29, 0.717) is 5.41 Å². The van der Waals surface area contributed by atoms with Gasteiger partial charge in [-0.1, -0.05) is 29.5 Å². The largest absolute Gasteiger partial charge is 0.305 e. The van der Waals surface area contributed by atoms with Crippen molar-refractivity contribution in [3.05, 3.63) is 0 Å². The van der Waals surface area contributed by atoms with Crippen LogP contribution in [0.4, 0.5) is 0 Å². The normalized spacial score (nSPS) is 41.7. The Morgan fingerprint density at radius 1 is 1.17 bits per heavy atom. The fraction of sp³-hybridized carbons (Fsp3) is 1.00. The van der Waals surface area contributed by atoms with Crippen LogP contribution in [-0.2, 0) is 0 Å². The van der Waals surface area contributed by atoms with Crippen LogP contribution >= 0.6 is 22.6 Å². The molecule has 3 saturated heterocycles. The van der Waals surface area contributed by atoms with Crippen LogP contribution in [0.3, 0.4) is 0 Å². The van der Waals surface area contributed by atoms with Crippen molar-refractivity contribution in [1.82, 2.24) is 14.7 Å². The van der Waals surface area contributed by atoms with E-state index in [0.717, 1.165) is 18.0 Å². The molecule has 3 fully saturated rings. The highest BCUT2D eigenvalue weighted by molar-refractivity contribution is 14.1. The highest BCUT2D eigenvalue weighted by atomic mass is 127. The second-order valence-corrected chi connectivity index (χ2v) is 7.78. The number of rotatable bonds is 2. The summed E-state index contributed by atoms with van der Waals surface area (Å²) in [5.74, 6) is 0.839. The minimum Gasteiger partial charge on any atom is -0.305 e. The van der Waals surface area contributed by atoms with Gasteiger partial charge in [-0.25, -0.2) is 0 Å². The van der Waals surface area contributed by atoms with Crippen LogP contribution in [0.25, 0.3) is 0 Å². The van der Waals surface area contributed by atoms with Gasteiger partial charge in [0, 0.05) is 50.2 Å². The molecule has 0 aromatic heterocycles. The number of alkyl halides is 1. The fourth-order valence-electron chi connectivity index (χ4n) is 4.43. The lowest BCUT2D eigenvalue weighted by molar-refractivity contribution is -0.138. The standard InChI is InChI=1S/C14H26IN3/c1-11-5-17(10-15)12(2)4-13(11)18-8-14(9-18)6-16(3)7-14/h11-13H,4-10H2,1-3H3/t11-,12+,13?/m0/s1. The number of nitrogens with zero attached hydrogens (tertiary/aromatic N) is 3. The third-order valence-corrected chi connectivity index (χ3v) is 6.17. The Kier molecular flexibility index (Phi) is 3.67. The minimum atomic E-state index is 0.693. The van der Waals surface area contributed by atoms with E-state index in [1.807, 2.05) is 0 Å². The maximum Gasteiger partial charge on any atom is 0.0508 e. The van der Waals surface area contributed by atoms with Crippen molar-refractivity contribution in [2.45, 2.75) is 32.4 Å². The molecule has 0 aromatic carbocycles. The third kappa shape index (κ3) is 2.23. The van der Waals surface area contributed by atoms with Crippen LogP contribution in [0.1, 0.15) is 20.3 Å². The maximum atomic E-state index is 2.78. The zero-order valence-electron chi connectivity index (χ0n) is 11.9. The van der Waals surface area contributed by atoms with Gasteiger partial charge in [0.05, 0.1) is 4.55 Å². The maximum absolute atomic E-state index is 2.78. The fourth-order valence-corrected chi connectivity index (χ4v) is 5.38. The Morgan fingerprint density at radius 2 is 1.83 bits per heavy atom. The Hall–Kier alpha value is 0.610. The molecule has 0 N–H and O–H groups in total. The van der Waals surface area contributed by atoms with Crippen molar-refractivity contribution in [2.75, 3.05) is 44.3 Å². The zero-order chi connectivity index (χ0) is 12.9. The number of piperidine rings is 1. The van der Waals surface area contributed by atoms with Crippen molar-refractivity contribution in [1.29, 1.82) is 0 Å². The van der Waals surface area contributed by atoms with Crippen molar-refractivity contribution in [3.63, 3.8) is 0 Å².